The Morgan fingerprint density at radius 2 is 2.12 bits per heavy atom. The molecule has 0 unspecified atom stereocenters. The van der Waals surface area contributed by atoms with Crippen molar-refractivity contribution in [2.24, 2.45) is 0 Å². The molecule has 0 amide bonds. The summed E-state index contributed by atoms with van der Waals surface area (Å²) in [5.74, 6) is 1.69. The highest BCUT2D eigenvalue weighted by Crippen LogP contribution is 2.40. The molecule has 0 aliphatic heterocycles. The van der Waals surface area contributed by atoms with E-state index in [0.717, 1.165) is 24.3 Å². The fourth-order valence-electron chi connectivity index (χ4n) is 1.52. The lowest BCUT2D eigenvalue weighted by Crippen LogP contribution is -1.87. The van der Waals surface area contributed by atoms with Crippen molar-refractivity contribution in [2.75, 3.05) is 5.73 Å². The minimum absolute atomic E-state index is 0.464. The summed E-state index contributed by atoms with van der Waals surface area (Å²) in [6, 6.07) is 5.29. The van der Waals surface area contributed by atoms with Gasteiger partial charge in [0.25, 0.3) is 0 Å². The molecule has 0 spiro atoms. The van der Waals surface area contributed by atoms with Gasteiger partial charge < -0.3 is 10.2 Å². The zero-order chi connectivity index (χ0) is 11.1. The molecule has 4 nitrogen and oxygen atoms in total. The van der Waals surface area contributed by atoms with Crippen molar-refractivity contribution in [1.82, 2.24) is 10.2 Å². The van der Waals surface area contributed by atoms with E-state index < -0.39 is 0 Å². The van der Waals surface area contributed by atoms with E-state index in [-0.39, 0.29) is 0 Å². The van der Waals surface area contributed by atoms with Gasteiger partial charge in [-0.3, -0.25) is 0 Å². The van der Waals surface area contributed by atoms with Crippen LogP contribution in [0.5, 0.6) is 0 Å². The predicted molar refractivity (Wildman–Crippen MR) is 61.1 cm³/mol. The summed E-state index contributed by atoms with van der Waals surface area (Å²) < 4.78 is 5.57. The van der Waals surface area contributed by atoms with Gasteiger partial charge in [-0.25, -0.2) is 0 Å². The zero-order valence-corrected chi connectivity index (χ0v) is 9.24. The molecule has 1 heterocycles. The summed E-state index contributed by atoms with van der Waals surface area (Å²) in [5.41, 5.74) is 7.04. The third-order valence-electron chi connectivity index (χ3n) is 2.61. The number of aromatic nitrogens is 2. The lowest BCUT2D eigenvalue weighted by atomic mass is 10.2. The molecular formula is C11H10ClN3O. The average molecular weight is 236 g/mol. The second-order valence-corrected chi connectivity index (χ2v) is 4.36. The van der Waals surface area contributed by atoms with Crippen LogP contribution in [0, 0.1) is 0 Å². The fourth-order valence-corrected chi connectivity index (χ4v) is 1.64. The molecule has 0 radical (unpaired) electrons. The maximum absolute atomic E-state index is 5.84. The fraction of sp³-hybridized carbons (Fsp3) is 0.273. The minimum Gasteiger partial charge on any atom is -0.420 e. The molecule has 16 heavy (non-hydrogen) atoms. The number of nitrogen functional groups attached to an aromatic ring is 1. The van der Waals surface area contributed by atoms with Gasteiger partial charge >= 0.3 is 0 Å². The van der Waals surface area contributed by atoms with Crippen LogP contribution >= 0.6 is 11.6 Å². The first kappa shape index (κ1) is 9.66. The first-order valence-electron chi connectivity index (χ1n) is 5.13. The van der Waals surface area contributed by atoms with Crippen LogP contribution in [0.4, 0.5) is 5.69 Å². The summed E-state index contributed by atoms with van der Waals surface area (Å²) in [4.78, 5) is 0. The van der Waals surface area contributed by atoms with Gasteiger partial charge in [-0.15, -0.1) is 10.2 Å². The summed E-state index contributed by atoms with van der Waals surface area (Å²) >= 11 is 5.84. The Balaban J connectivity index is 1.97. The van der Waals surface area contributed by atoms with Gasteiger partial charge in [-0.2, -0.15) is 0 Å². The van der Waals surface area contributed by atoms with Gasteiger partial charge in [0, 0.05) is 11.5 Å². The van der Waals surface area contributed by atoms with Crippen molar-refractivity contribution in [3.63, 3.8) is 0 Å². The Hall–Kier alpha value is -1.55. The molecule has 1 saturated carbocycles. The third kappa shape index (κ3) is 1.65. The van der Waals surface area contributed by atoms with Gasteiger partial charge in [0.2, 0.25) is 11.8 Å². The van der Waals surface area contributed by atoms with Crippen LogP contribution in [0.25, 0.3) is 11.5 Å². The van der Waals surface area contributed by atoms with Crippen molar-refractivity contribution in [2.45, 2.75) is 18.8 Å². The van der Waals surface area contributed by atoms with E-state index >= 15 is 0 Å². The third-order valence-corrected chi connectivity index (χ3v) is 2.95. The quantitative estimate of drug-likeness (QED) is 0.813. The van der Waals surface area contributed by atoms with Crippen molar-refractivity contribution in [3.8, 4) is 11.5 Å². The Bertz CT molecular complexity index is 534. The molecule has 82 valence electrons. The van der Waals surface area contributed by atoms with E-state index in [1.807, 2.05) is 6.07 Å². The van der Waals surface area contributed by atoms with Crippen LogP contribution in [0.3, 0.4) is 0 Å². The SMILES string of the molecule is Nc1cc(-c2nnc(C3CC3)o2)ccc1Cl. The summed E-state index contributed by atoms with van der Waals surface area (Å²) in [6.07, 6.45) is 2.29. The maximum Gasteiger partial charge on any atom is 0.247 e. The Morgan fingerprint density at radius 1 is 1.31 bits per heavy atom. The van der Waals surface area contributed by atoms with Crippen LogP contribution in [-0.2, 0) is 0 Å². The first-order chi connectivity index (χ1) is 7.74. The molecule has 2 aromatic rings. The molecule has 0 saturated heterocycles. The highest BCUT2D eigenvalue weighted by molar-refractivity contribution is 6.33. The monoisotopic (exact) mass is 235 g/mol. The Kier molecular flexibility index (Phi) is 2.11. The van der Waals surface area contributed by atoms with Crippen molar-refractivity contribution < 1.29 is 4.42 Å². The highest BCUT2D eigenvalue weighted by atomic mass is 35.5. The number of nitrogens with two attached hydrogens (primary N) is 1. The maximum atomic E-state index is 5.84. The van der Waals surface area contributed by atoms with E-state index in [0.29, 0.717) is 22.5 Å². The van der Waals surface area contributed by atoms with E-state index in [9.17, 15) is 0 Å². The van der Waals surface area contributed by atoms with E-state index in [1.54, 1.807) is 12.1 Å². The van der Waals surface area contributed by atoms with Crippen molar-refractivity contribution in [3.05, 3.63) is 29.1 Å². The average Bonchev–Trinajstić information content (AvgIpc) is 3.01. The summed E-state index contributed by atoms with van der Waals surface area (Å²) in [5, 5.41) is 8.55. The smallest absolute Gasteiger partial charge is 0.247 e. The van der Waals surface area contributed by atoms with E-state index in [2.05, 4.69) is 10.2 Å². The number of nitrogens with zero attached hydrogens (tertiary/aromatic N) is 2. The molecule has 1 fully saturated rings. The van der Waals surface area contributed by atoms with Gasteiger partial charge in [0.1, 0.15) is 0 Å². The Labute approximate surface area is 97.4 Å². The molecule has 0 bridgehead atoms. The van der Waals surface area contributed by atoms with Crippen LogP contribution < -0.4 is 5.73 Å². The zero-order valence-electron chi connectivity index (χ0n) is 8.48. The number of benzene rings is 1. The number of halogens is 1. The molecule has 5 heteroatoms. The molecular weight excluding hydrogens is 226 g/mol. The molecule has 2 N–H and O–H groups in total. The topological polar surface area (TPSA) is 64.9 Å². The molecule has 1 aromatic heterocycles. The normalized spacial score (nSPS) is 15.3. The lowest BCUT2D eigenvalue weighted by molar-refractivity contribution is 0.508. The Morgan fingerprint density at radius 3 is 2.81 bits per heavy atom. The minimum atomic E-state index is 0.464. The standard InChI is InChI=1S/C11H10ClN3O/c12-8-4-3-7(5-9(8)13)11-15-14-10(16-11)6-1-2-6/h3-6H,1-2,13H2. The van der Waals surface area contributed by atoms with Crippen LogP contribution in [0.15, 0.2) is 22.6 Å². The first-order valence-corrected chi connectivity index (χ1v) is 5.50. The van der Waals surface area contributed by atoms with Crippen molar-refractivity contribution >= 4 is 17.3 Å². The van der Waals surface area contributed by atoms with Crippen LogP contribution in [0.2, 0.25) is 5.02 Å². The predicted octanol–water partition coefficient (Wildman–Crippen LogP) is 2.85. The molecule has 1 aliphatic rings. The van der Waals surface area contributed by atoms with Crippen LogP contribution in [-0.4, -0.2) is 10.2 Å². The second-order valence-electron chi connectivity index (χ2n) is 3.96. The molecule has 3 rings (SSSR count). The lowest BCUT2D eigenvalue weighted by Gasteiger charge is -1.99. The number of hydrogen-bond donors (Lipinski definition) is 1. The van der Waals surface area contributed by atoms with E-state index in [1.165, 1.54) is 0 Å². The second kappa shape index (κ2) is 3.49. The molecule has 1 aromatic carbocycles. The van der Waals surface area contributed by atoms with Crippen molar-refractivity contribution in [1.29, 1.82) is 0 Å². The van der Waals surface area contributed by atoms with Crippen LogP contribution in [0.1, 0.15) is 24.7 Å². The summed E-state index contributed by atoms with van der Waals surface area (Å²) in [6.45, 7) is 0. The molecule has 1 aliphatic carbocycles. The highest BCUT2D eigenvalue weighted by Gasteiger charge is 2.29. The van der Waals surface area contributed by atoms with Gasteiger partial charge in [-0.05, 0) is 31.0 Å². The van der Waals surface area contributed by atoms with Gasteiger partial charge in [0.05, 0.1) is 10.7 Å². The van der Waals surface area contributed by atoms with E-state index in [4.69, 9.17) is 21.8 Å². The molecule has 0 atom stereocenters. The van der Waals surface area contributed by atoms with Gasteiger partial charge in [0.15, 0.2) is 0 Å². The number of anilines is 1. The largest absolute Gasteiger partial charge is 0.420 e. The number of hydrogen-bond acceptors (Lipinski definition) is 4. The number of rotatable bonds is 2. The summed E-state index contributed by atoms with van der Waals surface area (Å²) in [7, 11) is 0. The van der Waals surface area contributed by atoms with Gasteiger partial charge in [-0.1, -0.05) is 11.6 Å².